The summed E-state index contributed by atoms with van der Waals surface area (Å²) in [6.07, 6.45) is 3.63. The van der Waals surface area contributed by atoms with E-state index in [0.29, 0.717) is 0 Å². The summed E-state index contributed by atoms with van der Waals surface area (Å²) in [7, 11) is 2.00. The zero-order valence-corrected chi connectivity index (χ0v) is 10.6. The largest absolute Gasteiger partial charge is 0.320 e. The van der Waals surface area contributed by atoms with E-state index in [4.69, 9.17) is 11.6 Å². The molecule has 0 aliphatic rings. The summed E-state index contributed by atoms with van der Waals surface area (Å²) >= 11 is 6.06. The van der Waals surface area contributed by atoms with Gasteiger partial charge in [-0.25, -0.2) is 0 Å². The third-order valence-electron chi connectivity index (χ3n) is 2.74. The SMILES string of the molecule is CNCCCCc1cc(C)c(Cl)cc1C. The lowest BCUT2D eigenvalue weighted by molar-refractivity contribution is 0.676. The zero-order chi connectivity index (χ0) is 11.3. The first-order valence-corrected chi connectivity index (χ1v) is 5.93. The van der Waals surface area contributed by atoms with E-state index in [1.54, 1.807) is 0 Å². The van der Waals surface area contributed by atoms with Crippen LogP contribution in [0, 0.1) is 13.8 Å². The van der Waals surface area contributed by atoms with Gasteiger partial charge in [-0.15, -0.1) is 0 Å². The Morgan fingerprint density at radius 3 is 2.53 bits per heavy atom. The topological polar surface area (TPSA) is 12.0 Å². The molecule has 0 bridgehead atoms. The number of halogens is 1. The first-order valence-electron chi connectivity index (χ1n) is 5.55. The Morgan fingerprint density at radius 1 is 1.13 bits per heavy atom. The van der Waals surface area contributed by atoms with Crippen LogP contribution in [-0.2, 0) is 6.42 Å². The number of hydrogen-bond acceptors (Lipinski definition) is 1. The van der Waals surface area contributed by atoms with Crippen LogP contribution in [0.5, 0.6) is 0 Å². The number of hydrogen-bond donors (Lipinski definition) is 1. The van der Waals surface area contributed by atoms with Gasteiger partial charge < -0.3 is 5.32 Å². The lowest BCUT2D eigenvalue weighted by Gasteiger charge is -2.08. The summed E-state index contributed by atoms with van der Waals surface area (Å²) in [5, 5.41) is 4.05. The monoisotopic (exact) mass is 225 g/mol. The van der Waals surface area contributed by atoms with E-state index in [1.165, 1.54) is 29.5 Å². The number of unbranched alkanes of at least 4 members (excludes halogenated alkanes) is 1. The molecule has 1 nitrogen and oxygen atoms in total. The molecule has 0 atom stereocenters. The summed E-state index contributed by atoms with van der Waals surface area (Å²) in [5.41, 5.74) is 3.94. The lowest BCUT2D eigenvalue weighted by Crippen LogP contribution is -2.07. The van der Waals surface area contributed by atoms with Crippen molar-refractivity contribution in [1.82, 2.24) is 5.32 Å². The second-order valence-corrected chi connectivity index (χ2v) is 4.50. The van der Waals surface area contributed by atoms with E-state index in [0.717, 1.165) is 18.0 Å². The van der Waals surface area contributed by atoms with Gasteiger partial charge in [-0.2, -0.15) is 0 Å². The minimum Gasteiger partial charge on any atom is -0.320 e. The van der Waals surface area contributed by atoms with Gasteiger partial charge in [0.1, 0.15) is 0 Å². The Labute approximate surface area is 97.8 Å². The third kappa shape index (κ3) is 3.84. The smallest absolute Gasteiger partial charge is 0.0438 e. The van der Waals surface area contributed by atoms with Crippen molar-refractivity contribution in [1.29, 1.82) is 0 Å². The molecule has 0 unspecified atom stereocenters. The van der Waals surface area contributed by atoms with E-state index >= 15 is 0 Å². The average Bonchev–Trinajstić information content (AvgIpc) is 2.20. The van der Waals surface area contributed by atoms with Crippen molar-refractivity contribution in [2.24, 2.45) is 0 Å². The van der Waals surface area contributed by atoms with E-state index in [9.17, 15) is 0 Å². The van der Waals surface area contributed by atoms with Crippen LogP contribution in [0.2, 0.25) is 5.02 Å². The van der Waals surface area contributed by atoms with E-state index < -0.39 is 0 Å². The van der Waals surface area contributed by atoms with Gasteiger partial charge in [0.15, 0.2) is 0 Å². The summed E-state index contributed by atoms with van der Waals surface area (Å²) in [6, 6.07) is 4.29. The van der Waals surface area contributed by atoms with Crippen molar-refractivity contribution < 1.29 is 0 Å². The van der Waals surface area contributed by atoms with Crippen LogP contribution < -0.4 is 5.32 Å². The van der Waals surface area contributed by atoms with Crippen LogP contribution in [0.25, 0.3) is 0 Å². The van der Waals surface area contributed by atoms with Crippen molar-refractivity contribution >= 4 is 11.6 Å². The van der Waals surface area contributed by atoms with Crippen LogP contribution in [0.3, 0.4) is 0 Å². The highest BCUT2D eigenvalue weighted by Crippen LogP contribution is 2.21. The molecule has 0 radical (unpaired) electrons. The summed E-state index contributed by atoms with van der Waals surface area (Å²) in [6.45, 7) is 5.31. The predicted octanol–water partition coefficient (Wildman–Crippen LogP) is 3.50. The van der Waals surface area contributed by atoms with Gasteiger partial charge in [0, 0.05) is 5.02 Å². The highest BCUT2D eigenvalue weighted by Gasteiger charge is 2.02. The van der Waals surface area contributed by atoms with Gasteiger partial charge >= 0.3 is 0 Å². The van der Waals surface area contributed by atoms with Crippen LogP contribution >= 0.6 is 11.6 Å². The molecule has 0 heterocycles. The Bertz CT molecular complexity index is 321. The fourth-order valence-electron chi connectivity index (χ4n) is 1.73. The fourth-order valence-corrected chi connectivity index (χ4v) is 1.95. The lowest BCUT2D eigenvalue weighted by atomic mass is 10.0. The quantitative estimate of drug-likeness (QED) is 0.757. The molecule has 0 spiro atoms. The van der Waals surface area contributed by atoms with E-state index in [1.807, 2.05) is 7.05 Å². The average molecular weight is 226 g/mol. The summed E-state index contributed by atoms with van der Waals surface area (Å²) in [5.74, 6) is 0. The molecule has 1 rings (SSSR count). The maximum absolute atomic E-state index is 6.06. The standard InChI is InChI=1S/C13H20ClN/c1-10-9-13(14)11(2)8-12(10)6-4-5-7-15-3/h8-9,15H,4-7H2,1-3H3. The Balaban J connectivity index is 2.57. The van der Waals surface area contributed by atoms with Crippen molar-refractivity contribution in [3.63, 3.8) is 0 Å². The second kappa shape index (κ2) is 6.14. The second-order valence-electron chi connectivity index (χ2n) is 4.09. The van der Waals surface area contributed by atoms with Crippen molar-refractivity contribution in [2.45, 2.75) is 33.1 Å². The molecule has 15 heavy (non-hydrogen) atoms. The Morgan fingerprint density at radius 2 is 1.87 bits per heavy atom. The molecule has 0 aliphatic heterocycles. The molecule has 0 saturated heterocycles. The van der Waals surface area contributed by atoms with Crippen molar-refractivity contribution in [2.75, 3.05) is 13.6 Å². The van der Waals surface area contributed by atoms with E-state index in [2.05, 4.69) is 31.3 Å². The van der Waals surface area contributed by atoms with Gasteiger partial charge in [-0.3, -0.25) is 0 Å². The molecule has 0 saturated carbocycles. The molecule has 84 valence electrons. The van der Waals surface area contributed by atoms with Crippen molar-refractivity contribution in [3.05, 3.63) is 33.8 Å². The normalized spacial score (nSPS) is 10.7. The Kier molecular flexibility index (Phi) is 5.13. The van der Waals surface area contributed by atoms with Crippen molar-refractivity contribution in [3.8, 4) is 0 Å². The molecular weight excluding hydrogens is 206 g/mol. The first kappa shape index (κ1) is 12.5. The number of aryl methyl sites for hydroxylation is 3. The predicted molar refractivity (Wildman–Crippen MR) is 67.8 cm³/mol. The fraction of sp³-hybridized carbons (Fsp3) is 0.538. The molecule has 0 amide bonds. The summed E-state index contributed by atoms with van der Waals surface area (Å²) < 4.78 is 0. The zero-order valence-electron chi connectivity index (χ0n) is 9.86. The molecule has 1 aromatic rings. The van der Waals surface area contributed by atoms with Gasteiger partial charge in [-0.1, -0.05) is 17.7 Å². The maximum atomic E-state index is 6.06. The molecular formula is C13H20ClN. The van der Waals surface area contributed by atoms with Gasteiger partial charge in [-0.05, 0) is 69.5 Å². The van der Waals surface area contributed by atoms with Gasteiger partial charge in [0.05, 0.1) is 0 Å². The summed E-state index contributed by atoms with van der Waals surface area (Å²) in [4.78, 5) is 0. The highest BCUT2D eigenvalue weighted by atomic mass is 35.5. The highest BCUT2D eigenvalue weighted by molar-refractivity contribution is 6.31. The van der Waals surface area contributed by atoms with Crippen LogP contribution in [-0.4, -0.2) is 13.6 Å². The molecule has 1 N–H and O–H groups in total. The molecule has 2 heteroatoms. The van der Waals surface area contributed by atoms with Crippen LogP contribution in [0.15, 0.2) is 12.1 Å². The minimum absolute atomic E-state index is 0.881. The number of benzene rings is 1. The van der Waals surface area contributed by atoms with Gasteiger partial charge in [0.25, 0.3) is 0 Å². The molecule has 0 aromatic heterocycles. The molecule has 1 aromatic carbocycles. The minimum atomic E-state index is 0.881. The maximum Gasteiger partial charge on any atom is 0.0438 e. The first-order chi connectivity index (χ1) is 7.15. The number of nitrogens with one attached hydrogen (secondary N) is 1. The Hall–Kier alpha value is -0.530. The third-order valence-corrected chi connectivity index (χ3v) is 3.15. The molecule has 0 fully saturated rings. The molecule has 0 aliphatic carbocycles. The number of rotatable bonds is 5. The van der Waals surface area contributed by atoms with Crippen LogP contribution in [0.4, 0.5) is 0 Å². The van der Waals surface area contributed by atoms with E-state index in [-0.39, 0.29) is 0 Å². The van der Waals surface area contributed by atoms with Crippen LogP contribution in [0.1, 0.15) is 29.5 Å². The van der Waals surface area contributed by atoms with Gasteiger partial charge in [0.2, 0.25) is 0 Å².